The Bertz CT molecular complexity index is 1060. The van der Waals surface area contributed by atoms with Crippen LogP contribution in [0.3, 0.4) is 0 Å². The lowest BCUT2D eigenvalue weighted by Crippen LogP contribution is -2.51. The van der Waals surface area contributed by atoms with Gasteiger partial charge in [-0.2, -0.15) is 11.8 Å². The van der Waals surface area contributed by atoms with Crippen LogP contribution < -0.4 is 5.32 Å². The van der Waals surface area contributed by atoms with Gasteiger partial charge in [-0.25, -0.2) is 0 Å². The quantitative estimate of drug-likeness (QED) is 0.270. The molecule has 0 spiro atoms. The third-order valence-corrected chi connectivity index (χ3v) is 7.10. The molecule has 0 radical (unpaired) electrons. The van der Waals surface area contributed by atoms with Crippen molar-refractivity contribution < 1.29 is 9.59 Å². The van der Waals surface area contributed by atoms with E-state index in [9.17, 15) is 9.59 Å². The molecular formula is C29H33BrN2O2S. The van der Waals surface area contributed by atoms with Crippen molar-refractivity contribution in [2.24, 2.45) is 0 Å². The van der Waals surface area contributed by atoms with Gasteiger partial charge >= 0.3 is 0 Å². The second-order valence-corrected chi connectivity index (χ2v) is 10.8. The van der Waals surface area contributed by atoms with E-state index in [-0.39, 0.29) is 17.9 Å². The predicted octanol–water partition coefficient (Wildman–Crippen LogP) is 6.24. The maximum Gasteiger partial charge on any atom is 0.243 e. The van der Waals surface area contributed by atoms with Gasteiger partial charge in [0.1, 0.15) is 6.04 Å². The number of nitrogens with one attached hydrogen (secondary N) is 1. The molecule has 3 aromatic rings. The summed E-state index contributed by atoms with van der Waals surface area (Å²) in [5.74, 6) is 1.44. The molecular weight excluding hydrogens is 520 g/mol. The van der Waals surface area contributed by atoms with Gasteiger partial charge in [0.15, 0.2) is 0 Å². The van der Waals surface area contributed by atoms with Crippen molar-refractivity contribution >= 4 is 39.5 Å². The zero-order valence-corrected chi connectivity index (χ0v) is 22.7. The van der Waals surface area contributed by atoms with Crippen LogP contribution in [0.4, 0.5) is 0 Å². The summed E-state index contributed by atoms with van der Waals surface area (Å²) in [6.07, 6.45) is 0.854. The number of thioether (sulfide) groups is 1. The SMILES string of the molecule is CC(C)NC(=O)C(Cc1ccccc1)N(Cc1ccc(Br)cc1)C(=O)CCSCc1ccccc1. The fourth-order valence-electron chi connectivity index (χ4n) is 3.79. The van der Waals surface area contributed by atoms with E-state index in [1.54, 1.807) is 16.7 Å². The van der Waals surface area contributed by atoms with Crippen LogP contribution in [-0.2, 0) is 28.3 Å². The Labute approximate surface area is 221 Å². The van der Waals surface area contributed by atoms with Crippen molar-refractivity contribution in [2.75, 3.05) is 5.75 Å². The van der Waals surface area contributed by atoms with Gasteiger partial charge in [0.25, 0.3) is 0 Å². The molecule has 0 heterocycles. The van der Waals surface area contributed by atoms with E-state index in [0.29, 0.717) is 25.1 Å². The third-order valence-electron chi connectivity index (χ3n) is 5.54. The molecule has 0 saturated heterocycles. The number of halogens is 1. The van der Waals surface area contributed by atoms with Crippen LogP contribution in [0.25, 0.3) is 0 Å². The number of carbonyl (C=O) groups is 2. The number of hydrogen-bond acceptors (Lipinski definition) is 3. The molecule has 0 aliphatic carbocycles. The molecule has 0 aliphatic heterocycles. The lowest BCUT2D eigenvalue weighted by Gasteiger charge is -2.32. The average Bonchev–Trinajstić information content (AvgIpc) is 2.86. The summed E-state index contributed by atoms with van der Waals surface area (Å²) in [7, 11) is 0. The summed E-state index contributed by atoms with van der Waals surface area (Å²) < 4.78 is 0.981. The highest BCUT2D eigenvalue weighted by Crippen LogP contribution is 2.19. The van der Waals surface area contributed by atoms with Gasteiger partial charge in [0.2, 0.25) is 11.8 Å². The van der Waals surface area contributed by atoms with Crippen LogP contribution in [0.1, 0.15) is 37.0 Å². The highest BCUT2D eigenvalue weighted by atomic mass is 79.9. The minimum absolute atomic E-state index is 0.00619. The number of rotatable bonds is 12. The second kappa shape index (κ2) is 14.1. The minimum Gasteiger partial charge on any atom is -0.352 e. The van der Waals surface area contributed by atoms with Crippen LogP contribution in [0.5, 0.6) is 0 Å². The zero-order chi connectivity index (χ0) is 25.0. The summed E-state index contributed by atoms with van der Waals surface area (Å²) in [5.41, 5.74) is 3.27. The first kappa shape index (κ1) is 27.0. The lowest BCUT2D eigenvalue weighted by molar-refractivity contribution is -0.141. The van der Waals surface area contributed by atoms with Crippen LogP contribution in [-0.4, -0.2) is 34.6 Å². The first-order valence-corrected chi connectivity index (χ1v) is 13.9. The molecule has 0 bridgehead atoms. The van der Waals surface area contributed by atoms with E-state index >= 15 is 0 Å². The van der Waals surface area contributed by atoms with Crippen molar-refractivity contribution in [2.45, 2.75) is 51.1 Å². The van der Waals surface area contributed by atoms with Gasteiger partial charge in [-0.15, -0.1) is 0 Å². The normalized spacial score (nSPS) is 11.8. The highest BCUT2D eigenvalue weighted by Gasteiger charge is 2.30. The van der Waals surface area contributed by atoms with Crippen molar-refractivity contribution in [1.82, 2.24) is 10.2 Å². The van der Waals surface area contributed by atoms with Crippen LogP contribution in [0.15, 0.2) is 89.4 Å². The standard InChI is InChI=1S/C29H33BrN2O2S/c1-22(2)31-29(34)27(19-23-9-5-3-6-10-23)32(20-24-13-15-26(30)16-14-24)28(33)17-18-35-21-25-11-7-4-8-12-25/h3-16,22,27H,17-21H2,1-2H3,(H,31,34). The number of nitrogens with zero attached hydrogens (tertiary/aromatic N) is 1. The Balaban J connectivity index is 1.78. The van der Waals surface area contributed by atoms with E-state index in [0.717, 1.165) is 21.4 Å². The third kappa shape index (κ3) is 9.19. The molecule has 2 amide bonds. The Hall–Kier alpha value is -2.57. The summed E-state index contributed by atoms with van der Waals surface area (Å²) >= 11 is 5.22. The molecule has 4 nitrogen and oxygen atoms in total. The van der Waals surface area contributed by atoms with Gasteiger partial charge in [0.05, 0.1) is 0 Å². The largest absolute Gasteiger partial charge is 0.352 e. The predicted molar refractivity (Wildman–Crippen MR) is 149 cm³/mol. The smallest absolute Gasteiger partial charge is 0.243 e. The fraction of sp³-hybridized carbons (Fsp3) is 0.310. The molecule has 0 aliphatic rings. The van der Waals surface area contributed by atoms with Crippen LogP contribution >= 0.6 is 27.7 Å². The summed E-state index contributed by atoms with van der Waals surface area (Å²) in [4.78, 5) is 28.7. The first-order chi connectivity index (χ1) is 16.9. The molecule has 1 N–H and O–H groups in total. The van der Waals surface area contributed by atoms with Crippen LogP contribution in [0.2, 0.25) is 0 Å². The second-order valence-electron chi connectivity index (χ2n) is 8.81. The van der Waals surface area contributed by atoms with E-state index in [1.807, 2.05) is 86.6 Å². The molecule has 6 heteroatoms. The van der Waals surface area contributed by atoms with Gasteiger partial charge in [-0.1, -0.05) is 88.7 Å². The molecule has 184 valence electrons. The van der Waals surface area contributed by atoms with Crippen molar-refractivity contribution in [3.05, 3.63) is 106 Å². The van der Waals surface area contributed by atoms with Gasteiger partial charge in [-0.05, 0) is 42.7 Å². The van der Waals surface area contributed by atoms with E-state index in [2.05, 4.69) is 33.4 Å². The average molecular weight is 554 g/mol. The van der Waals surface area contributed by atoms with Crippen molar-refractivity contribution in [1.29, 1.82) is 0 Å². The number of carbonyl (C=O) groups excluding carboxylic acids is 2. The van der Waals surface area contributed by atoms with Gasteiger partial charge in [0, 0.05) is 41.4 Å². The zero-order valence-electron chi connectivity index (χ0n) is 20.3. The van der Waals surface area contributed by atoms with Gasteiger partial charge < -0.3 is 10.2 Å². The molecule has 1 atom stereocenters. The number of benzene rings is 3. The number of hydrogen-bond donors (Lipinski definition) is 1. The molecule has 3 rings (SSSR count). The molecule has 3 aromatic carbocycles. The van der Waals surface area contributed by atoms with Gasteiger partial charge in [-0.3, -0.25) is 9.59 Å². The first-order valence-electron chi connectivity index (χ1n) is 11.9. The Kier molecular flexibility index (Phi) is 10.9. The minimum atomic E-state index is -0.588. The highest BCUT2D eigenvalue weighted by molar-refractivity contribution is 9.10. The summed E-state index contributed by atoms with van der Waals surface area (Å²) in [5, 5.41) is 3.04. The monoisotopic (exact) mass is 552 g/mol. The summed E-state index contributed by atoms with van der Waals surface area (Å²) in [6.45, 7) is 4.27. The van der Waals surface area contributed by atoms with E-state index < -0.39 is 6.04 Å². The maximum absolute atomic E-state index is 13.6. The fourth-order valence-corrected chi connectivity index (χ4v) is 4.94. The lowest BCUT2D eigenvalue weighted by atomic mass is 10.0. The maximum atomic E-state index is 13.6. The molecule has 35 heavy (non-hydrogen) atoms. The number of amides is 2. The van der Waals surface area contributed by atoms with E-state index in [4.69, 9.17) is 0 Å². The molecule has 0 aromatic heterocycles. The topological polar surface area (TPSA) is 49.4 Å². The Morgan fingerprint density at radius 2 is 1.46 bits per heavy atom. The Morgan fingerprint density at radius 1 is 0.857 bits per heavy atom. The van der Waals surface area contributed by atoms with E-state index in [1.165, 1.54) is 5.56 Å². The van der Waals surface area contributed by atoms with Crippen LogP contribution in [0, 0.1) is 0 Å². The summed E-state index contributed by atoms with van der Waals surface area (Å²) in [6, 6.07) is 27.5. The van der Waals surface area contributed by atoms with Crippen molar-refractivity contribution in [3.8, 4) is 0 Å². The molecule has 0 fully saturated rings. The van der Waals surface area contributed by atoms with Crippen molar-refractivity contribution in [3.63, 3.8) is 0 Å². The Morgan fingerprint density at radius 3 is 2.06 bits per heavy atom. The molecule has 0 saturated carbocycles. The molecule has 1 unspecified atom stereocenters.